The molecule has 3 heteroatoms. The van der Waals surface area contributed by atoms with E-state index in [1.807, 2.05) is 18.2 Å². The van der Waals surface area contributed by atoms with E-state index < -0.39 is 12.1 Å². The van der Waals surface area contributed by atoms with Gasteiger partial charge in [-0.05, 0) is 37.7 Å². The van der Waals surface area contributed by atoms with Crippen LogP contribution < -0.4 is 0 Å². The number of aliphatic carboxylic acids is 1. The standard InChI is InChI=1S/C20H30O3/c1-2-3-4-5-6-9-12-17-15-16-19(21)18(17)13-10-7-8-11-14-20(22)23/h6-7,9-10,12,15-16,18-19,21H,2-5,8,11,13-14H2,1H3,(H,22,23)/b9-6+,10-7-,17-12-/t18-,19+/m1/s1. The van der Waals surface area contributed by atoms with Crippen molar-refractivity contribution >= 4 is 5.97 Å². The molecule has 23 heavy (non-hydrogen) atoms. The van der Waals surface area contributed by atoms with Crippen LogP contribution >= 0.6 is 0 Å². The summed E-state index contributed by atoms with van der Waals surface area (Å²) < 4.78 is 0. The number of rotatable bonds is 11. The zero-order valence-electron chi connectivity index (χ0n) is 14.2. The maximum absolute atomic E-state index is 10.4. The highest BCUT2D eigenvalue weighted by Crippen LogP contribution is 2.28. The average molecular weight is 318 g/mol. The maximum atomic E-state index is 10.4. The Kier molecular flexibility index (Phi) is 10.0. The Morgan fingerprint density at radius 2 is 1.96 bits per heavy atom. The highest BCUT2D eigenvalue weighted by atomic mass is 16.4. The van der Waals surface area contributed by atoms with Gasteiger partial charge in [0.05, 0.1) is 6.10 Å². The Morgan fingerprint density at radius 1 is 1.17 bits per heavy atom. The lowest BCUT2D eigenvalue weighted by molar-refractivity contribution is -0.137. The highest BCUT2D eigenvalue weighted by molar-refractivity contribution is 5.66. The first-order valence-electron chi connectivity index (χ1n) is 8.75. The van der Waals surface area contributed by atoms with Gasteiger partial charge in [-0.25, -0.2) is 0 Å². The quantitative estimate of drug-likeness (QED) is 0.425. The molecular weight excluding hydrogens is 288 g/mol. The molecule has 0 unspecified atom stereocenters. The Labute approximate surface area is 140 Å². The van der Waals surface area contributed by atoms with Gasteiger partial charge in [-0.15, -0.1) is 0 Å². The summed E-state index contributed by atoms with van der Waals surface area (Å²) in [7, 11) is 0. The Bertz CT molecular complexity index is 458. The fourth-order valence-corrected chi connectivity index (χ4v) is 2.64. The Morgan fingerprint density at radius 3 is 2.70 bits per heavy atom. The molecule has 0 saturated carbocycles. The second-order valence-electron chi connectivity index (χ2n) is 6.04. The number of aliphatic hydroxyl groups excluding tert-OH is 1. The fraction of sp³-hybridized carbons (Fsp3) is 0.550. The third kappa shape index (κ3) is 8.56. The molecule has 0 aromatic rings. The van der Waals surface area contributed by atoms with E-state index in [4.69, 9.17) is 5.11 Å². The van der Waals surface area contributed by atoms with E-state index >= 15 is 0 Å². The van der Waals surface area contributed by atoms with Gasteiger partial charge in [0.25, 0.3) is 0 Å². The summed E-state index contributed by atoms with van der Waals surface area (Å²) in [5.41, 5.74) is 1.17. The van der Waals surface area contributed by atoms with Crippen LogP contribution in [0.1, 0.15) is 58.3 Å². The minimum Gasteiger partial charge on any atom is -0.481 e. The molecule has 0 amide bonds. The number of carboxylic acids is 1. The number of carboxylic acid groups (broad SMARTS) is 1. The summed E-state index contributed by atoms with van der Waals surface area (Å²) in [6, 6.07) is 0. The summed E-state index contributed by atoms with van der Waals surface area (Å²) >= 11 is 0. The van der Waals surface area contributed by atoms with Crippen LogP contribution in [-0.2, 0) is 4.79 Å². The van der Waals surface area contributed by atoms with Crippen LogP contribution in [0.2, 0.25) is 0 Å². The van der Waals surface area contributed by atoms with E-state index in [0.29, 0.717) is 6.42 Å². The molecule has 2 N–H and O–H groups in total. The highest BCUT2D eigenvalue weighted by Gasteiger charge is 2.23. The van der Waals surface area contributed by atoms with Crippen LogP contribution in [0, 0.1) is 5.92 Å². The zero-order chi connectivity index (χ0) is 16.9. The molecule has 0 radical (unpaired) electrons. The van der Waals surface area contributed by atoms with Gasteiger partial charge < -0.3 is 10.2 Å². The number of unbranched alkanes of at least 4 members (excludes halogenated alkanes) is 4. The van der Waals surface area contributed by atoms with Crippen molar-refractivity contribution in [3.05, 3.63) is 48.1 Å². The van der Waals surface area contributed by atoms with E-state index in [0.717, 1.165) is 19.3 Å². The van der Waals surface area contributed by atoms with Crippen LogP contribution in [0.3, 0.4) is 0 Å². The maximum Gasteiger partial charge on any atom is 0.303 e. The first-order chi connectivity index (χ1) is 11.1. The van der Waals surface area contributed by atoms with Crippen molar-refractivity contribution in [3.8, 4) is 0 Å². The van der Waals surface area contributed by atoms with Crippen molar-refractivity contribution < 1.29 is 15.0 Å². The molecule has 0 fully saturated rings. The normalized spacial score (nSPS) is 22.8. The van der Waals surface area contributed by atoms with E-state index in [9.17, 15) is 9.90 Å². The van der Waals surface area contributed by atoms with E-state index in [1.54, 1.807) is 0 Å². The molecule has 2 atom stereocenters. The molecule has 0 aliphatic heterocycles. The van der Waals surface area contributed by atoms with Crippen LogP contribution in [0.5, 0.6) is 0 Å². The van der Waals surface area contributed by atoms with Crippen molar-refractivity contribution in [1.82, 2.24) is 0 Å². The van der Waals surface area contributed by atoms with Crippen molar-refractivity contribution in [3.63, 3.8) is 0 Å². The molecule has 0 aromatic carbocycles. The van der Waals surface area contributed by atoms with Gasteiger partial charge in [0, 0.05) is 12.3 Å². The average Bonchev–Trinajstić information content (AvgIpc) is 2.86. The zero-order valence-corrected chi connectivity index (χ0v) is 14.2. The molecule has 0 heterocycles. The second kappa shape index (κ2) is 11.9. The van der Waals surface area contributed by atoms with Gasteiger partial charge in [-0.3, -0.25) is 4.79 Å². The third-order valence-corrected chi connectivity index (χ3v) is 4.04. The third-order valence-electron chi connectivity index (χ3n) is 4.04. The predicted octanol–water partition coefficient (Wildman–Crippen LogP) is 4.80. The number of hydrogen-bond acceptors (Lipinski definition) is 2. The molecule has 1 rings (SSSR count). The molecule has 0 bridgehead atoms. The van der Waals surface area contributed by atoms with Gasteiger partial charge in [0.1, 0.15) is 0 Å². The van der Waals surface area contributed by atoms with Crippen LogP contribution in [0.25, 0.3) is 0 Å². The lowest BCUT2D eigenvalue weighted by Gasteiger charge is -2.14. The van der Waals surface area contributed by atoms with E-state index in [1.165, 1.54) is 24.8 Å². The van der Waals surface area contributed by atoms with Crippen LogP contribution in [0.15, 0.2) is 48.1 Å². The first kappa shape index (κ1) is 19.4. The summed E-state index contributed by atoms with van der Waals surface area (Å²) in [5, 5.41) is 18.6. The second-order valence-corrected chi connectivity index (χ2v) is 6.04. The van der Waals surface area contributed by atoms with Gasteiger partial charge in [-0.2, -0.15) is 0 Å². The lowest BCUT2D eigenvalue weighted by Crippen LogP contribution is -2.13. The van der Waals surface area contributed by atoms with Crippen molar-refractivity contribution in [2.45, 2.75) is 64.4 Å². The predicted molar refractivity (Wildman–Crippen MR) is 95.2 cm³/mol. The fourth-order valence-electron chi connectivity index (χ4n) is 2.64. The van der Waals surface area contributed by atoms with Gasteiger partial charge in [0.2, 0.25) is 0 Å². The molecule has 1 aliphatic rings. The van der Waals surface area contributed by atoms with Crippen molar-refractivity contribution in [2.24, 2.45) is 5.92 Å². The largest absolute Gasteiger partial charge is 0.481 e. The minimum absolute atomic E-state index is 0.117. The summed E-state index contributed by atoms with van der Waals surface area (Å²) in [6.07, 6.45) is 21.2. The van der Waals surface area contributed by atoms with E-state index in [-0.39, 0.29) is 12.3 Å². The summed E-state index contributed by atoms with van der Waals surface area (Å²) in [6.45, 7) is 2.20. The van der Waals surface area contributed by atoms with Crippen LogP contribution in [-0.4, -0.2) is 22.3 Å². The molecule has 0 saturated heterocycles. The van der Waals surface area contributed by atoms with Crippen molar-refractivity contribution in [2.75, 3.05) is 0 Å². The number of allylic oxidation sites excluding steroid dienone is 6. The topological polar surface area (TPSA) is 57.5 Å². The SMILES string of the molecule is CCCCC/C=C/C=C1/C=C[C@H](O)[C@@H]1C/C=C\CCCC(=O)O. The molecule has 1 aliphatic carbocycles. The summed E-state index contributed by atoms with van der Waals surface area (Å²) in [5.74, 6) is -0.629. The van der Waals surface area contributed by atoms with Gasteiger partial charge >= 0.3 is 5.97 Å². The van der Waals surface area contributed by atoms with Gasteiger partial charge in [-0.1, -0.05) is 62.3 Å². The smallest absolute Gasteiger partial charge is 0.303 e. The molecular formula is C20H30O3. The Hall–Kier alpha value is -1.61. The molecule has 128 valence electrons. The monoisotopic (exact) mass is 318 g/mol. The van der Waals surface area contributed by atoms with E-state index in [2.05, 4.69) is 31.2 Å². The minimum atomic E-state index is -0.746. The molecule has 3 nitrogen and oxygen atoms in total. The number of aliphatic hydroxyl groups is 1. The number of carbonyl (C=O) groups is 1. The first-order valence-corrected chi connectivity index (χ1v) is 8.75. The molecule has 0 aromatic heterocycles. The van der Waals surface area contributed by atoms with Crippen LogP contribution in [0.4, 0.5) is 0 Å². The molecule has 0 spiro atoms. The van der Waals surface area contributed by atoms with Gasteiger partial charge in [0.15, 0.2) is 0 Å². The van der Waals surface area contributed by atoms with Crippen molar-refractivity contribution in [1.29, 1.82) is 0 Å². The number of hydrogen-bond donors (Lipinski definition) is 2. The summed E-state index contributed by atoms with van der Waals surface area (Å²) in [4.78, 5) is 10.4. The Balaban J connectivity index is 2.36. The lowest BCUT2D eigenvalue weighted by atomic mass is 9.95.